The number of allylic oxidation sites excluding steroid dienone is 8. The first-order valence-corrected chi connectivity index (χ1v) is 23.6. The van der Waals surface area contributed by atoms with Crippen molar-refractivity contribution in [2.75, 3.05) is 26.4 Å². The maximum absolute atomic E-state index is 12.5. The molecule has 0 saturated heterocycles. The van der Waals surface area contributed by atoms with E-state index in [0.29, 0.717) is 6.42 Å². The minimum absolute atomic E-state index is 0.0477. The topological polar surface area (TPSA) is 134 Å². The number of carbonyl (C=O) groups is 2. The van der Waals surface area contributed by atoms with Gasteiger partial charge in [0, 0.05) is 19.4 Å². The van der Waals surface area contributed by atoms with Gasteiger partial charge in [-0.25, -0.2) is 4.57 Å². The Morgan fingerprint density at radius 2 is 1.02 bits per heavy atom. The zero-order valence-electron chi connectivity index (χ0n) is 35.2. The summed E-state index contributed by atoms with van der Waals surface area (Å²) in [6.45, 7) is 3.57. The minimum atomic E-state index is -4.38. The van der Waals surface area contributed by atoms with E-state index in [1.54, 1.807) is 0 Å². The predicted octanol–water partition coefficient (Wildman–Crippen LogP) is 12.7. The molecule has 320 valence electrons. The number of hydrogen-bond acceptors (Lipinski definition) is 8. The number of esters is 2. The van der Waals surface area contributed by atoms with E-state index in [0.717, 1.165) is 70.6 Å². The fraction of sp³-hybridized carbons (Fsp3) is 0.778. The second-order valence-electron chi connectivity index (χ2n) is 14.6. The van der Waals surface area contributed by atoms with Crippen LogP contribution in [0.5, 0.6) is 0 Å². The number of nitrogens with two attached hydrogens (primary N) is 1. The molecule has 0 aliphatic rings. The Morgan fingerprint density at radius 3 is 1.53 bits per heavy atom. The number of unbranched alkanes of at least 4 members (excludes halogenated alkanes) is 22. The molecular formula is C45H82NO8P. The summed E-state index contributed by atoms with van der Waals surface area (Å²) in [6.07, 6.45) is 47.2. The van der Waals surface area contributed by atoms with E-state index in [9.17, 15) is 19.0 Å². The highest BCUT2D eigenvalue weighted by Gasteiger charge is 2.26. The average Bonchev–Trinajstić information content (AvgIpc) is 3.17. The molecule has 2 atom stereocenters. The van der Waals surface area contributed by atoms with E-state index in [2.05, 4.69) is 44.2 Å². The third kappa shape index (κ3) is 41.4. The van der Waals surface area contributed by atoms with Crippen molar-refractivity contribution < 1.29 is 37.6 Å². The molecule has 0 heterocycles. The Kier molecular flexibility index (Phi) is 40.1. The smallest absolute Gasteiger partial charge is 0.462 e. The first-order chi connectivity index (χ1) is 26.8. The number of phosphoric ester groups is 1. The summed E-state index contributed by atoms with van der Waals surface area (Å²) < 4.78 is 32.7. The van der Waals surface area contributed by atoms with Crippen molar-refractivity contribution in [2.45, 2.75) is 200 Å². The highest BCUT2D eigenvalue weighted by molar-refractivity contribution is 7.47. The highest BCUT2D eigenvalue weighted by atomic mass is 31.2. The first-order valence-electron chi connectivity index (χ1n) is 22.1. The monoisotopic (exact) mass is 796 g/mol. The molecule has 0 amide bonds. The molecule has 0 spiro atoms. The Bertz CT molecular complexity index is 1040. The maximum Gasteiger partial charge on any atom is 0.472 e. The van der Waals surface area contributed by atoms with Gasteiger partial charge in [0.1, 0.15) is 6.61 Å². The van der Waals surface area contributed by atoms with Crippen LogP contribution >= 0.6 is 7.82 Å². The molecule has 10 heteroatoms. The van der Waals surface area contributed by atoms with Crippen LogP contribution < -0.4 is 5.73 Å². The zero-order valence-corrected chi connectivity index (χ0v) is 36.0. The van der Waals surface area contributed by atoms with Gasteiger partial charge in [-0.05, 0) is 57.8 Å². The van der Waals surface area contributed by atoms with Gasteiger partial charge < -0.3 is 20.1 Å². The Labute approximate surface area is 336 Å². The molecule has 0 aromatic rings. The van der Waals surface area contributed by atoms with Gasteiger partial charge in [0.25, 0.3) is 0 Å². The lowest BCUT2D eigenvalue weighted by atomic mass is 10.1. The molecule has 0 radical (unpaired) electrons. The van der Waals surface area contributed by atoms with Gasteiger partial charge in [-0.3, -0.25) is 18.6 Å². The summed E-state index contributed by atoms with van der Waals surface area (Å²) in [5.74, 6) is -0.857. The van der Waals surface area contributed by atoms with E-state index in [4.69, 9.17) is 24.3 Å². The van der Waals surface area contributed by atoms with Crippen LogP contribution in [0.15, 0.2) is 48.6 Å². The van der Waals surface area contributed by atoms with E-state index in [1.165, 1.54) is 89.9 Å². The summed E-state index contributed by atoms with van der Waals surface area (Å²) in [7, 11) is -4.38. The highest BCUT2D eigenvalue weighted by Crippen LogP contribution is 2.43. The Balaban J connectivity index is 4.10. The molecule has 0 saturated carbocycles. The number of rotatable bonds is 41. The van der Waals surface area contributed by atoms with Crippen molar-refractivity contribution in [3.05, 3.63) is 48.6 Å². The van der Waals surface area contributed by atoms with Gasteiger partial charge in [0.2, 0.25) is 0 Å². The van der Waals surface area contributed by atoms with Crippen LogP contribution in [-0.2, 0) is 32.7 Å². The third-order valence-electron chi connectivity index (χ3n) is 9.26. The van der Waals surface area contributed by atoms with Crippen molar-refractivity contribution in [1.29, 1.82) is 0 Å². The minimum Gasteiger partial charge on any atom is -0.462 e. The standard InChI is InChI=1S/C45H82NO8P/c1-3-5-7-9-11-13-15-17-18-19-20-21-22-23-24-26-27-29-31-33-35-37-44(47)51-41-43(42-53-55(49,50)52-40-39-46)54-45(48)38-36-34-32-30-28-25-16-14-12-10-8-6-4-2/h6,8,10,12,14,16,21-22,43H,3-5,7,9,11,13,15,17-20,23-42,46H2,1-2H3,(H,49,50)/b8-6+,12-10+,16-14+,22-21+. The summed E-state index contributed by atoms with van der Waals surface area (Å²) in [5, 5.41) is 0. The van der Waals surface area contributed by atoms with E-state index >= 15 is 0 Å². The third-order valence-corrected chi connectivity index (χ3v) is 10.2. The molecule has 0 aromatic carbocycles. The van der Waals surface area contributed by atoms with Crippen LogP contribution in [0.1, 0.15) is 194 Å². The van der Waals surface area contributed by atoms with Gasteiger partial charge in [-0.15, -0.1) is 0 Å². The van der Waals surface area contributed by atoms with E-state index in [1.807, 2.05) is 18.2 Å². The maximum atomic E-state index is 12.5. The van der Waals surface area contributed by atoms with Crippen molar-refractivity contribution in [3.63, 3.8) is 0 Å². The molecule has 0 bridgehead atoms. The summed E-state index contributed by atoms with van der Waals surface area (Å²) in [4.78, 5) is 34.8. The molecule has 2 unspecified atom stereocenters. The lowest BCUT2D eigenvalue weighted by Crippen LogP contribution is -2.29. The molecule has 0 aliphatic carbocycles. The number of ether oxygens (including phenoxy) is 2. The lowest BCUT2D eigenvalue weighted by Gasteiger charge is -2.19. The second kappa shape index (κ2) is 41.6. The molecule has 9 nitrogen and oxygen atoms in total. The average molecular weight is 796 g/mol. The molecule has 0 aliphatic heterocycles. The van der Waals surface area contributed by atoms with Crippen LogP contribution in [0.3, 0.4) is 0 Å². The van der Waals surface area contributed by atoms with Gasteiger partial charge in [0.05, 0.1) is 13.2 Å². The van der Waals surface area contributed by atoms with Gasteiger partial charge in [-0.1, -0.05) is 172 Å². The van der Waals surface area contributed by atoms with E-state index in [-0.39, 0.29) is 32.6 Å². The summed E-state index contributed by atoms with van der Waals surface area (Å²) in [5.41, 5.74) is 5.34. The summed E-state index contributed by atoms with van der Waals surface area (Å²) >= 11 is 0. The SMILES string of the molecule is CC/C=C/C=C/C=C/CCCCCCCC(=O)OC(COC(=O)CCCCCCCCC/C=C/CCCCCCCCCCCC)COP(=O)(O)OCCN. The lowest BCUT2D eigenvalue weighted by molar-refractivity contribution is -0.161. The Hall–Kier alpha value is -2.03. The Morgan fingerprint density at radius 1 is 0.564 bits per heavy atom. The zero-order chi connectivity index (χ0) is 40.3. The number of hydrogen-bond donors (Lipinski definition) is 2. The van der Waals surface area contributed by atoms with Crippen LogP contribution in [0.2, 0.25) is 0 Å². The largest absolute Gasteiger partial charge is 0.472 e. The van der Waals surface area contributed by atoms with Gasteiger partial charge in [0.15, 0.2) is 6.10 Å². The molecule has 0 aromatic heterocycles. The van der Waals surface area contributed by atoms with Crippen LogP contribution in [0.4, 0.5) is 0 Å². The van der Waals surface area contributed by atoms with Crippen LogP contribution in [-0.4, -0.2) is 49.3 Å². The van der Waals surface area contributed by atoms with E-state index < -0.39 is 32.5 Å². The molecule has 0 fully saturated rings. The summed E-state index contributed by atoms with van der Waals surface area (Å²) in [6, 6.07) is 0. The van der Waals surface area contributed by atoms with Crippen molar-refractivity contribution in [1.82, 2.24) is 0 Å². The van der Waals surface area contributed by atoms with Crippen molar-refractivity contribution in [2.24, 2.45) is 5.73 Å². The van der Waals surface area contributed by atoms with Crippen LogP contribution in [0.25, 0.3) is 0 Å². The normalized spacial score (nSPS) is 13.7. The molecule has 3 N–H and O–H groups in total. The molecular weight excluding hydrogens is 713 g/mol. The van der Waals surface area contributed by atoms with Crippen molar-refractivity contribution in [3.8, 4) is 0 Å². The molecule has 0 rings (SSSR count). The quantitative estimate of drug-likeness (QED) is 0.0204. The van der Waals surface area contributed by atoms with Gasteiger partial charge >= 0.3 is 19.8 Å². The van der Waals surface area contributed by atoms with Gasteiger partial charge in [-0.2, -0.15) is 0 Å². The first kappa shape index (κ1) is 53.0. The molecule has 55 heavy (non-hydrogen) atoms. The fourth-order valence-corrected chi connectivity index (χ4v) is 6.75. The number of carbonyl (C=O) groups excluding carboxylic acids is 2. The predicted molar refractivity (Wildman–Crippen MR) is 229 cm³/mol. The van der Waals surface area contributed by atoms with Crippen molar-refractivity contribution >= 4 is 19.8 Å². The van der Waals surface area contributed by atoms with Crippen LogP contribution in [0, 0.1) is 0 Å². The fourth-order valence-electron chi connectivity index (χ4n) is 5.98. The number of phosphoric acid groups is 1. The second-order valence-corrected chi connectivity index (χ2v) is 16.0.